The molecule has 36 heavy (non-hydrogen) atoms. The molecular weight excluding hydrogens is 512 g/mol. The maximum absolute atomic E-state index is 3.65. The summed E-state index contributed by atoms with van der Waals surface area (Å²) in [6, 6.07) is 16.2. The van der Waals surface area contributed by atoms with Crippen molar-refractivity contribution in [2.75, 3.05) is 0 Å². The van der Waals surface area contributed by atoms with Gasteiger partial charge in [-0.05, 0) is 10.8 Å². The van der Waals surface area contributed by atoms with Crippen molar-refractivity contribution < 1.29 is 26.2 Å². The summed E-state index contributed by atoms with van der Waals surface area (Å²) in [6.07, 6.45) is 6.07. The average molecular weight is 560 g/mol. The SMILES string of the molecule is CC(C)(C)c1ccc2c(c1)[cH-]c1cc(C(C)(C)C)ccc12.CC(C)C1=[C-]C(C(C)C)C=C1C(C)C.[Zr+2]. The van der Waals surface area contributed by atoms with E-state index in [1.54, 1.807) is 0 Å². The van der Waals surface area contributed by atoms with Crippen LogP contribution in [0.2, 0.25) is 0 Å². The third-order valence-electron chi connectivity index (χ3n) is 7.35. The van der Waals surface area contributed by atoms with Crippen LogP contribution in [0.25, 0.3) is 21.5 Å². The van der Waals surface area contributed by atoms with Crippen LogP contribution in [0, 0.1) is 29.7 Å². The van der Waals surface area contributed by atoms with Crippen LogP contribution in [0.5, 0.6) is 0 Å². The van der Waals surface area contributed by atoms with Gasteiger partial charge in [0.15, 0.2) is 0 Å². The smallest absolute Gasteiger partial charge is 0.265 e. The van der Waals surface area contributed by atoms with Crippen molar-refractivity contribution in [3.05, 3.63) is 76.9 Å². The number of fused-ring (bicyclic) bond motifs is 3. The number of hydrogen-bond donors (Lipinski definition) is 0. The molecule has 0 aromatic heterocycles. The molecule has 0 nitrogen and oxygen atoms in total. The van der Waals surface area contributed by atoms with E-state index in [4.69, 9.17) is 0 Å². The van der Waals surface area contributed by atoms with Gasteiger partial charge in [-0.1, -0.05) is 142 Å². The van der Waals surface area contributed by atoms with E-state index in [-0.39, 0.29) is 37.0 Å². The van der Waals surface area contributed by atoms with Gasteiger partial charge in [-0.3, -0.25) is 6.08 Å². The van der Waals surface area contributed by atoms with Gasteiger partial charge in [0.1, 0.15) is 0 Å². The summed E-state index contributed by atoms with van der Waals surface area (Å²) >= 11 is 0. The van der Waals surface area contributed by atoms with E-state index >= 15 is 0 Å². The first-order valence-electron chi connectivity index (χ1n) is 13.6. The molecule has 1 heteroatoms. The normalized spacial score (nSPS) is 16.4. The van der Waals surface area contributed by atoms with Gasteiger partial charge < -0.3 is 0 Å². The predicted octanol–water partition coefficient (Wildman–Crippen LogP) is 10.5. The second-order valence-corrected chi connectivity index (χ2v) is 13.5. The number of allylic oxidation sites excluding steroid dienone is 4. The zero-order valence-electron chi connectivity index (χ0n) is 24.9. The number of benzene rings is 2. The van der Waals surface area contributed by atoms with Gasteiger partial charge in [0.25, 0.3) is 0 Å². The van der Waals surface area contributed by atoms with Crippen LogP contribution in [0.15, 0.2) is 59.7 Å². The number of hydrogen-bond acceptors (Lipinski definition) is 0. The Morgan fingerprint density at radius 3 is 1.44 bits per heavy atom. The molecule has 0 radical (unpaired) electrons. The molecular formula is C35H48Zr. The van der Waals surface area contributed by atoms with Crippen LogP contribution in [0.4, 0.5) is 0 Å². The minimum Gasteiger partial charge on any atom is -0.265 e. The van der Waals surface area contributed by atoms with Crippen LogP contribution >= 0.6 is 0 Å². The Morgan fingerprint density at radius 2 is 1.14 bits per heavy atom. The van der Waals surface area contributed by atoms with Gasteiger partial charge in [0.2, 0.25) is 0 Å². The van der Waals surface area contributed by atoms with E-state index in [9.17, 15) is 0 Å². The molecule has 0 fully saturated rings. The fourth-order valence-corrected chi connectivity index (χ4v) is 4.91. The molecule has 0 saturated heterocycles. The van der Waals surface area contributed by atoms with E-state index in [0.29, 0.717) is 23.7 Å². The summed E-state index contributed by atoms with van der Waals surface area (Å²) in [5.74, 6) is 2.49. The molecule has 1 aliphatic rings. The molecule has 0 saturated carbocycles. The monoisotopic (exact) mass is 558 g/mol. The first-order valence-corrected chi connectivity index (χ1v) is 13.6. The van der Waals surface area contributed by atoms with Crippen LogP contribution in [-0.2, 0) is 37.0 Å². The first-order chi connectivity index (χ1) is 16.1. The van der Waals surface area contributed by atoms with Crippen molar-refractivity contribution in [2.24, 2.45) is 23.7 Å². The average Bonchev–Trinajstić information content (AvgIpc) is 3.34. The van der Waals surface area contributed by atoms with Crippen molar-refractivity contribution in [3.63, 3.8) is 0 Å². The Morgan fingerprint density at radius 1 is 0.694 bits per heavy atom. The van der Waals surface area contributed by atoms with Crippen LogP contribution in [-0.4, -0.2) is 0 Å². The fourth-order valence-electron chi connectivity index (χ4n) is 4.91. The van der Waals surface area contributed by atoms with Gasteiger partial charge in [-0.25, -0.2) is 5.57 Å². The summed E-state index contributed by atoms with van der Waals surface area (Å²) in [4.78, 5) is 0. The maximum atomic E-state index is 3.65. The second kappa shape index (κ2) is 11.6. The molecule has 4 rings (SSSR count). The van der Waals surface area contributed by atoms with E-state index in [1.807, 2.05) is 0 Å². The Labute approximate surface area is 241 Å². The van der Waals surface area contributed by atoms with Crippen molar-refractivity contribution in [1.29, 1.82) is 0 Å². The van der Waals surface area contributed by atoms with Gasteiger partial charge >= 0.3 is 26.2 Å². The fraction of sp³-hybridized carbons (Fsp3) is 0.514. The summed E-state index contributed by atoms with van der Waals surface area (Å²) in [5, 5.41) is 5.48. The Bertz CT molecular complexity index is 1140. The second-order valence-electron chi connectivity index (χ2n) is 13.5. The molecule has 0 N–H and O–H groups in total. The molecule has 0 bridgehead atoms. The molecule has 0 spiro atoms. The van der Waals surface area contributed by atoms with E-state index in [1.165, 1.54) is 43.8 Å². The summed E-state index contributed by atoms with van der Waals surface area (Å²) in [7, 11) is 0. The molecule has 192 valence electrons. The minimum absolute atomic E-state index is 0. The van der Waals surface area contributed by atoms with Gasteiger partial charge in [-0.2, -0.15) is 11.6 Å². The largest absolute Gasteiger partial charge is 2.00 e. The third-order valence-corrected chi connectivity index (χ3v) is 7.35. The van der Waals surface area contributed by atoms with Crippen molar-refractivity contribution >= 4 is 21.5 Å². The molecule has 0 amide bonds. The zero-order valence-corrected chi connectivity index (χ0v) is 27.4. The maximum Gasteiger partial charge on any atom is 2.00 e. The summed E-state index contributed by atoms with van der Waals surface area (Å²) < 4.78 is 0. The van der Waals surface area contributed by atoms with E-state index in [2.05, 4.69) is 138 Å². The standard InChI is InChI=1S/C21H25.C14H23.Zr/c1-20(2,3)16-7-9-18-14(12-16)11-15-13-17(21(4,5)6)8-10-19(15)18;1-9(2)12-7-13(10(3)4)14(8-12)11(5)6;/h7-13H,1-6H3;7,9-12H,1-6H3;/q2*-1;+2. The van der Waals surface area contributed by atoms with Crippen molar-refractivity contribution in [3.8, 4) is 0 Å². The summed E-state index contributed by atoms with van der Waals surface area (Å²) in [5.41, 5.74) is 6.20. The topological polar surface area (TPSA) is 0 Å². The predicted molar refractivity (Wildman–Crippen MR) is 157 cm³/mol. The van der Waals surface area contributed by atoms with Crippen molar-refractivity contribution in [1.82, 2.24) is 0 Å². The Balaban J connectivity index is 0.000000268. The Kier molecular flexibility index (Phi) is 9.95. The van der Waals surface area contributed by atoms with Gasteiger partial charge in [0, 0.05) is 0 Å². The quantitative estimate of drug-likeness (QED) is 0.280. The first kappa shape index (κ1) is 30.9. The molecule has 3 aromatic rings. The molecule has 1 atom stereocenters. The number of rotatable bonds is 3. The van der Waals surface area contributed by atoms with Crippen LogP contribution < -0.4 is 0 Å². The third kappa shape index (κ3) is 6.95. The molecule has 0 heterocycles. The Hall–Kier alpha value is -1.33. The summed E-state index contributed by atoms with van der Waals surface area (Å²) in [6.45, 7) is 27.3. The zero-order chi connectivity index (χ0) is 26.3. The van der Waals surface area contributed by atoms with Gasteiger partial charge in [-0.15, -0.1) is 39.7 Å². The molecule has 1 unspecified atom stereocenters. The molecule has 3 aromatic carbocycles. The van der Waals surface area contributed by atoms with E-state index < -0.39 is 0 Å². The minimum atomic E-state index is 0. The molecule has 1 aliphatic carbocycles. The van der Waals surface area contributed by atoms with E-state index in [0.717, 1.165) is 0 Å². The van der Waals surface area contributed by atoms with Crippen LogP contribution in [0.1, 0.15) is 94.2 Å². The van der Waals surface area contributed by atoms with Crippen molar-refractivity contribution in [2.45, 2.75) is 93.9 Å². The van der Waals surface area contributed by atoms with Crippen LogP contribution in [0.3, 0.4) is 0 Å². The van der Waals surface area contributed by atoms with Gasteiger partial charge in [0.05, 0.1) is 0 Å². The molecule has 0 aliphatic heterocycles.